The van der Waals surface area contributed by atoms with Crippen LogP contribution in [0.1, 0.15) is 38.5 Å². The van der Waals surface area contributed by atoms with Crippen LogP contribution in [-0.4, -0.2) is 6.92 Å². The second-order valence-electron chi connectivity index (χ2n) is 5.54. The van der Waals surface area contributed by atoms with Crippen LogP contribution < -0.4 is 5.30 Å². The van der Waals surface area contributed by atoms with E-state index in [2.05, 4.69) is 0 Å². The highest BCUT2D eigenvalue weighted by atomic mass is 31.1. The first-order valence-electron chi connectivity index (χ1n) is 7.03. The van der Waals surface area contributed by atoms with E-state index in [1.807, 2.05) is 30.3 Å². The third kappa shape index (κ3) is 2.53. The molecule has 94 valence electrons. The Labute approximate surface area is 110 Å². The van der Waals surface area contributed by atoms with Crippen molar-refractivity contribution in [2.24, 2.45) is 0 Å². The molecule has 18 heavy (non-hydrogen) atoms. The first-order chi connectivity index (χ1) is 8.84. The molecule has 4 heteroatoms. The first-order valence-corrected chi connectivity index (χ1v) is 8.21. The molecular weight excluding hydrogens is 242 g/mol. The van der Waals surface area contributed by atoms with E-state index in [0.717, 1.165) is 5.30 Å². The van der Waals surface area contributed by atoms with E-state index >= 15 is 0 Å². The van der Waals surface area contributed by atoms with E-state index in [4.69, 9.17) is 4.44 Å². The molecule has 2 aliphatic heterocycles. The fourth-order valence-electron chi connectivity index (χ4n) is 3.51. The molecule has 0 aromatic heterocycles. The highest BCUT2D eigenvalue weighted by Gasteiger charge is 2.47. The molecule has 1 atom stereocenters. The van der Waals surface area contributed by atoms with Crippen molar-refractivity contribution in [3.05, 3.63) is 30.3 Å². The highest BCUT2D eigenvalue weighted by molar-refractivity contribution is 7.49. The molecule has 1 aromatic rings. The van der Waals surface area contributed by atoms with E-state index in [1.165, 1.54) is 38.5 Å². The van der Waals surface area contributed by atoms with E-state index < -0.39 is 8.03 Å². The zero-order chi connectivity index (χ0) is 12.4. The Morgan fingerprint density at radius 3 is 2.11 bits per heavy atom. The minimum atomic E-state index is -1.67. The molecule has 1 unspecified atom stereocenters. The van der Waals surface area contributed by atoms with Crippen LogP contribution in [-0.2, 0) is 9.01 Å². The maximum Gasteiger partial charge on any atom is 0.532 e. The average Bonchev–Trinajstić information content (AvgIpc) is 2.39. The van der Waals surface area contributed by atoms with Crippen molar-refractivity contribution in [1.82, 2.24) is 0 Å². The maximum absolute atomic E-state index is 12.3. The van der Waals surface area contributed by atoms with Gasteiger partial charge in [0.25, 0.3) is 0 Å². The molecule has 1 aromatic carbocycles. The van der Waals surface area contributed by atoms with Crippen LogP contribution in [0.5, 0.6) is 0 Å². The molecule has 0 spiro atoms. The van der Waals surface area contributed by atoms with Gasteiger partial charge in [0.1, 0.15) is 0 Å². The Morgan fingerprint density at radius 2 is 1.56 bits per heavy atom. The Hall–Kier alpha value is -0.655. The average molecular weight is 261 g/mol. The predicted octanol–water partition coefficient (Wildman–Crippen LogP) is 4.17. The Morgan fingerprint density at radius 1 is 1.00 bits per heavy atom. The normalized spacial score (nSPS) is 28.0. The van der Waals surface area contributed by atoms with E-state index in [0.29, 0.717) is 11.6 Å². The van der Waals surface area contributed by atoms with Gasteiger partial charge >= 0.3 is 14.9 Å². The third-order valence-electron chi connectivity index (χ3n) is 4.41. The van der Waals surface area contributed by atoms with Crippen molar-refractivity contribution in [3.8, 4) is 0 Å². The van der Waals surface area contributed by atoms with Gasteiger partial charge in [-0.1, -0.05) is 56.7 Å². The van der Waals surface area contributed by atoms with Crippen LogP contribution in [0.2, 0.25) is 11.6 Å². The fraction of sp³-hybridized carbons (Fsp3) is 0.571. The fourth-order valence-corrected chi connectivity index (χ4v) is 4.61. The minimum absolute atomic E-state index is 0.247. The number of benzene rings is 1. The second kappa shape index (κ2) is 5.55. The Balaban J connectivity index is 1.70. The van der Waals surface area contributed by atoms with Gasteiger partial charge in [0.2, 0.25) is 5.30 Å². The minimum Gasteiger partial charge on any atom is -0.215 e. The van der Waals surface area contributed by atoms with Crippen LogP contribution >= 0.6 is 8.03 Å². The van der Waals surface area contributed by atoms with Crippen LogP contribution in [0.3, 0.4) is 0 Å². The van der Waals surface area contributed by atoms with Crippen LogP contribution in [0.4, 0.5) is 0 Å². The predicted molar refractivity (Wildman–Crippen MR) is 75.7 cm³/mol. The summed E-state index contributed by atoms with van der Waals surface area (Å²) < 4.78 is 18.2. The van der Waals surface area contributed by atoms with Gasteiger partial charge in [-0.15, -0.1) is 0 Å². The molecule has 2 bridgehead atoms. The smallest absolute Gasteiger partial charge is 0.215 e. The van der Waals surface area contributed by atoms with Crippen molar-refractivity contribution in [3.63, 3.8) is 0 Å². The summed E-state index contributed by atoms with van der Waals surface area (Å²) >= 11 is 0. The van der Waals surface area contributed by atoms with Gasteiger partial charge in [-0.3, -0.25) is 0 Å². The molecule has 0 aliphatic carbocycles. The van der Waals surface area contributed by atoms with Gasteiger partial charge in [0.05, 0.1) is 0 Å². The standard InChI is InChI=1S/C14H19BO2P/c16-18(14-10-2-1-3-11-14)17-15-12-6-4-7-13(15)9-5-8-12/h1-3,10-13H,4-9H2/q+1. The first kappa shape index (κ1) is 12.4. The zero-order valence-electron chi connectivity index (χ0n) is 10.6. The quantitative estimate of drug-likeness (QED) is 0.602. The molecule has 2 saturated heterocycles. The van der Waals surface area contributed by atoms with Crippen molar-refractivity contribution in [2.45, 2.75) is 50.2 Å². The summed E-state index contributed by atoms with van der Waals surface area (Å²) in [4.78, 5) is 0. The van der Waals surface area contributed by atoms with Gasteiger partial charge < -0.3 is 0 Å². The summed E-state index contributed by atoms with van der Waals surface area (Å²) in [5.41, 5.74) is 0. The largest absolute Gasteiger partial charge is 0.532 e. The molecular formula is C14H19BO2P+. The molecule has 3 rings (SSSR count). The van der Waals surface area contributed by atoms with Crippen LogP contribution in [0.25, 0.3) is 0 Å². The Kier molecular flexibility index (Phi) is 3.81. The lowest BCUT2D eigenvalue weighted by Crippen LogP contribution is -2.36. The van der Waals surface area contributed by atoms with Gasteiger partial charge in [0, 0.05) is 0 Å². The second-order valence-corrected chi connectivity index (χ2v) is 6.79. The van der Waals surface area contributed by atoms with Crippen LogP contribution in [0, 0.1) is 0 Å². The molecule has 2 aliphatic rings. The lowest BCUT2D eigenvalue weighted by molar-refractivity contribution is 0.385. The highest BCUT2D eigenvalue weighted by Crippen LogP contribution is 2.49. The summed E-state index contributed by atoms with van der Waals surface area (Å²) in [5, 5.41) is 0.830. The SMILES string of the molecule is O=[P+](OB1C2CCCC1CCC2)c1ccccc1. The van der Waals surface area contributed by atoms with Gasteiger partial charge in [-0.2, -0.15) is 0 Å². The molecule has 0 amide bonds. The molecule has 2 heterocycles. The number of hydrogen-bond donors (Lipinski definition) is 0. The van der Waals surface area contributed by atoms with Crippen molar-refractivity contribution < 1.29 is 9.01 Å². The summed E-state index contributed by atoms with van der Waals surface area (Å²) in [6, 6.07) is 9.60. The molecule has 2 nitrogen and oxygen atoms in total. The van der Waals surface area contributed by atoms with Gasteiger partial charge in [-0.05, 0) is 28.3 Å². The maximum atomic E-state index is 12.3. The molecule has 0 radical (unpaired) electrons. The summed E-state index contributed by atoms with van der Waals surface area (Å²) in [5.74, 6) is 1.31. The molecule has 0 saturated carbocycles. The lowest BCUT2D eigenvalue weighted by Gasteiger charge is -2.36. The van der Waals surface area contributed by atoms with Gasteiger partial charge in [-0.25, -0.2) is 4.44 Å². The van der Waals surface area contributed by atoms with E-state index in [-0.39, 0.29) is 6.92 Å². The lowest BCUT2D eigenvalue weighted by atomic mass is 9.38. The summed E-state index contributed by atoms with van der Waals surface area (Å²) in [7, 11) is -1.67. The van der Waals surface area contributed by atoms with Gasteiger partial charge in [0.15, 0.2) is 0 Å². The monoisotopic (exact) mass is 261 g/mol. The van der Waals surface area contributed by atoms with E-state index in [9.17, 15) is 4.57 Å². The number of rotatable bonds is 3. The van der Waals surface area contributed by atoms with Crippen LogP contribution in [0.15, 0.2) is 30.3 Å². The number of hydrogen-bond acceptors (Lipinski definition) is 2. The molecule has 0 N–H and O–H groups in total. The summed E-state index contributed by atoms with van der Waals surface area (Å²) in [6.07, 6.45) is 7.71. The summed E-state index contributed by atoms with van der Waals surface area (Å²) in [6.45, 7) is 0.247. The zero-order valence-corrected chi connectivity index (χ0v) is 11.5. The topological polar surface area (TPSA) is 26.3 Å². The van der Waals surface area contributed by atoms with Crippen molar-refractivity contribution in [1.29, 1.82) is 0 Å². The third-order valence-corrected chi connectivity index (χ3v) is 5.57. The van der Waals surface area contributed by atoms with E-state index in [1.54, 1.807) is 0 Å². The Bertz CT molecular complexity index is 401. The number of fused-ring (bicyclic) bond motifs is 2. The molecule has 2 fully saturated rings. The van der Waals surface area contributed by atoms with Crippen molar-refractivity contribution >= 4 is 20.2 Å². The van der Waals surface area contributed by atoms with Crippen molar-refractivity contribution in [2.75, 3.05) is 0 Å².